The molecule has 1 fully saturated rings. The van der Waals surface area contributed by atoms with E-state index >= 15 is 0 Å². The second-order valence-electron chi connectivity index (χ2n) is 10.8. The maximum Gasteiger partial charge on any atom is 0.294 e. The lowest BCUT2D eigenvalue weighted by Gasteiger charge is -2.28. The minimum absolute atomic E-state index is 0.0453. The Hall–Kier alpha value is -4.32. The van der Waals surface area contributed by atoms with Gasteiger partial charge in [0.2, 0.25) is 4.96 Å². The van der Waals surface area contributed by atoms with Gasteiger partial charge in [0.1, 0.15) is 29.4 Å². The molecule has 5 heterocycles. The van der Waals surface area contributed by atoms with Crippen LogP contribution >= 0.6 is 11.3 Å². The molecule has 44 heavy (non-hydrogen) atoms. The van der Waals surface area contributed by atoms with Crippen LogP contribution in [0.3, 0.4) is 0 Å². The number of hydrogen-bond acceptors (Lipinski definition) is 10. The highest BCUT2D eigenvalue weighted by Crippen LogP contribution is 2.38. The Bertz CT molecular complexity index is 1800. The summed E-state index contributed by atoms with van der Waals surface area (Å²) in [4.78, 5) is 5.37. The minimum atomic E-state index is -0.119. The van der Waals surface area contributed by atoms with Gasteiger partial charge in [0.25, 0.3) is 5.19 Å². The molecule has 0 aliphatic carbocycles. The summed E-state index contributed by atoms with van der Waals surface area (Å²) >= 11 is 1.36. The lowest BCUT2D eigenvalue weighted by atomic mass is 9.99. The first-order valence-electron chi connectivity index (χ1n) is 14.7. The molecular formula is C33H34N4O6S. The summed E-state index contributed by atoms with van der Waals surface area (Å²) in [6.07, 6.45) is 11.2. The molecule has 7 rings (SSSR count). The largest absolute Gasteiger partial charge is 0.496 e. The summed E-state index contributed by atoms with van der Waals surface area (Å²) in [7, 11) is 3.22. The Balaban J connectivity index is 1.04. The Morgan fingerprint density at radius 1 is 1.14 bits per heavy atom. The molecule has 2 aromatic carbocycles. The molecule has 11 heteroatoms. The predicted molar refractivity (Wildman–Crippen MR) is 167 cm³/mol. The number of rotatable bonds is 10. The van der Waals surface area contributed by atoms with E-state index in [-0.39, 0.29) is 18.4 Å². The summed E-state index contributed by atoms with van der Waals surface area (Å²) in [5.74, 6) is 1.93. The number of dihydropyridines is 1. The van der Waals surface area contributed by atoms with Crippen molar-refractivity contribution < 1.29 is 28.1 Å². The summed E-state index contributed by atoms with van der Waals surface area (Å²) in [5.41, 5.74) is 4.62. The Morgan fingerprint density at radius 2 is 2.07 bits per heavy atom. The lowest BCUT2D eigenvalue weighted by molar-refractivity contribution is -0.176. The van der Waals surface area contributed by atoms with Crippen molar-refractivity contribution in [1.82, 2.24) is 19.9 Å². The van der Waals surface area contributed by atoms with E-state index in [2.05, 4.69) is 58.7 Å². The monoisotopic (exact) mass is 614 g/mol. The van der Waals surface area contributed by atoms with Crippen molar-refractivity contribution in [2.45, 2.75) is 51.2 Å². The van der Waals surface area contributed by atoms with E-state index in [1.165, 1.54) is 11.3 Å². The fourth-order valence-electron chi connectivity index (χ4n) is 5.45. The number of nitrogens with one attached hydrogen (secondary N) is 1. The second-order valence-corrected chi connectivity index (χ2v) is 11.7. The third-order valence-electron chi connectivity index (χ3n) is 7.84. The van der Waals surface area contributed by atoms with Crippen LogP contribution in [0.15, 0.2) is 77.0 Å². The van der Waals surface area contributed by atoms with Gasteiger partial charge in [-0.05, 0) is 60.3 Å². The van der Waals surface area contributed by atoms with E-state index in [0.717, 1.165) is 52.9 Å². The van der Waals surface area contributed by atoms with Gasteiger partial charge in [0, 0.05) is 24.9 Å². The van der Waals surface area contributed by atoms with Crippen LogP contribution in [0.4, 0.5) is 0 Å². The fourth-order valence-corrected chi connectivity index (χ4v) is 6.15. The molecule has 2 aliphatic heterocycles. The van der Waals surface area contributed by atoms with Crippen molar-refractivity contribution in [2.24, 2.45) is 0 Å². The minimum Gasteiger partial charge on any atom is -0.496 e. The normalized spacial score (nSPS) is 19.1. The van der Waals surface area contributed by atoms with Crippen LogP contribution in [0, 0.1) is 0 Å². The Morgan fingerprint density at radius 3 is 2.84 bits per heavy atom. The van der Waals surface area contributed by atoms with Crippen LogP contribution in [0.2, 0.25) is 0 Å². The predicted octanol–water partition coefficient (Wildman–Crippen LogP) is 6.82. The summed E-state index contributed by atoms with van der Waals surface area (Å²) in [6, 6.07) is 14.1. The van der Waals surface area contributed by atoms with Crippen LogP contribution in [0.5, 0.6) is 16.7 Å². The molecule has 0 spiro atoms. The first kappa shape index (κ1) is 28.5. The van der Waals surface area contributed by atoms with Crippen LogP contribution in [-0.4, -0.2) is 47.8 Å². The number of nitrogens with zero attached hydrogens (tertiary/aromatic N) is 3. The average molecular weight is 615 g/mol. The van der Waals surface area contributed by atoms with E-state index in [1.807, 2.05) is 30.6 Å². The maximum atomic E-state index is 6.36. The third kappa shape index (κ3) is 5.90. The van der Waals surface area contributed by atoms with Gasteiger partial charge >= 0.3 is 0 Å². The zero-order valence-corrected chi connectivity index (χ0v) is 25.6. The molecule has 5 aromatic rings. The Labute approximate surface area is 258 Å². The van der Waals surface area contributed by atoms with Crippen LogP contribution in [-0.2, 0) is 16.1 Å². The van der Waals surface area contributed by atoms with E-state index in [1.54, 1.807) is 18.7 Å². The highest BCUT2D eigenvalue weighted by atomic mass is 32.1. The zero-order chi connectivity index (χ0) is 30.0. The third-order valence-corrected chi connectivity index (χ3v) is 8.72. The SMILES string of the molecule is COc1cc(OCc2cccc(C3C=CC(C(C)OC4CCCCO4)=CN3)c2)c2cc(-c3cn4nc(OC)sc4n3)oc2c1. The summed E-state index contributed by atoms with van der Waals surface area (Å²) in [6.45, 7) is 3.22. The van der Waals surface area contributed by atoms with Crippen LogP contribution in [0.1, 0.15) is 43.4 Å². The first-order chi connectivity index (χ1) is 21.6. The number of imidazole rings is 1. The van der Waals surface area contributed by atoms with Crippen molar-refractivity contribution in [3.8, 4) is 28.1 Å². The number of ether oxygens (including phenoxy) is 5. The van der Waals surface area contributed by atoms with Crippen molar-refractivity contribution in [3.05, 3.63) is 83.7 Å². The molecule has 3 atom stereocenters. The van der Waals surface area contributed by atoms with Crippen molar-refractivity contribution in [1.29, 1.82) is 0 Å². The molecule has 3 aromatic heterocycles. The molecule has 10 nitrogen and oxygen atoms in total. The number of hydrogen-bond donors (Lipinski definition) is 1. The molecule has 2 aliphatic rings. The molecule has 0 radical (unpaired) electrons. The van der Waals surface area contributed by atoms with E-state index in [0.29, 0.717) is 40.3 Å². The molecule has 0 saturated carbocycles. The second kappa shape index (κ2) is 12.4. The smallest absolute Gasteiger partial charge is 0.294 e. The summed E-state index contributed by atoms with van der Waals surface area (Å²) in [5, 5.41) is 9.26. The van der Waals surface area contributed by atoms with Gasteiger partial charge in [-0.15, -0.1) is 5.10 Å². The van der Waals surface area contributed by atoms with Crippen LogP contribution in [0.25, 0.3) is 27.4 Å². The van der Waals surface area contributed by atoms with Crippen LogP contribution < -0.4 is 19.5 Å². The van der Waals surface area contributed by atoms with Gasteiger partial charge in [0.05, 0.1) is 37.9 Å². The zero-order valence-electron chi connectivity index (χ0n) is 24.8. The number of aromatic nitrogens is 3. The first-order valence-corrected chi connectivity index (χ1v) is 15.5. The summed E-state index contributed by atoms with van der Waals surface area (Å²) < 4.78 is 36.9. The van der Waals surface area contributed by atoms with Crippen molar-refractivity contribution in [3.63, 3.8) is 0 Å². The van der Waals surface area contributed by atoms with Gasteiger partial charge in [-0.2, -0.15) is 0 Å². The lowest BCUT2D eigenvalue weighted by Crippen LogP contribution is -2.28. The topological polar surface area (TPSA) is 102 Å². The molecule has 3 unspecified atom stereocenters. The van der Waals surface area contributed by atoms with Crippen molar-refractivity contribution >= 4 is 27.3 Å². The molecule has 1 N–H and O–H groups in total. The van der Waals surface area contributed by atoms with Gasteiger partial charge < -0.3 is 33.4 Å². The molecular weight excluding hydrogens is 580 g/mol. The van der Waals surface area contributed by atoms with E-state index in [9.17, 15) is 0 Å². The fraction of sp³-hybridized carbons (Fsp3) is 0.333. The average Bonchev–Trinajstić information content (AvgIpc) is 3.78. The van der Waals surface area contributed by atoms with Gasteiger partial charge in [-0.25, -0.2) is 9.50 Å². The van der Waals surface area contributed by atoms with Gasteiger partial charge in [-0.1, -0.05) is 36.4 Å². The van der Waals surface area contributed by atoms with E-state index < -0.39 is 0 Å². The number of furan rings is 1. The van der Waals surface area contributed by atoms with Gasteiger partial charge in [0.15, 0.2) is 12.1 Å². The van der Waals surface area contributed by atoms with E-state index in [4.69, 9.17) is 28.1 Å². The van der Waals surface area contributed by atoms with Gasteiger partial charge in [-0.3, -0.25) is 0 Å². The maximum absolute atomic E-state index is 6.36. The number of fused-ring (bicyclic) bond motifs is 2. The molecule has 1 saturated heterocycles. The Kier molecular flexibility index (Phi) is 7.99. The molecule has 0 amide bonds. The number of methoxy groups -OCH3 is 2. The molecule has 0 bridgehead atoms. The highest BCUT2D eigenvalue weighted by Gasteiger charge is 2.21. The molecule has 228 valence electrons. The van der Waals surface area contributed by atoms with Crippen molar-refractivity contribution in [2.75, 3.05) is 20.8 Å². The standard InChI is InChI=1S/C33H34N4O6S/c1-20(42-31-9-4-5-12-40-31)23-10-11-26(34-17-23)22-8-6-7-21(13-22)19-41-28-14-24(38-2)15-29-25(28)16-30(43-29)27-18-37-32(35-27)44-33(36-37)39-3/h6-8,10-11,13-18,20,26,31,34H,4-5,9,12,19H2,1-3H3. The number of benzene rings is 2. The highest BCUT2D eigenvalue weighted by molar-refractivity contribution is 7.18. The quantitative estimate of drug-likeness (QED) is 0.182.